The van der Waals surface area contributed by atoms with Crippen LogP contribution in [0.2, 0.25) is 0 Å². The average molecular weight is 356 g/mol. The second kappa shape index (κ2) is 8.57. The van der Waals surface area contributed by atoms with E-state index in [0.717, 1.165) is 17.0 Å². The Balaban J connectivity index is 1.65. The van der Waals surface area contributed by atoms with E-state index < -0.39 is 12.2 Å². The van der Waals surface area contributed by atoms with Crippen LogP contribution >= 0.6 is 0 Å². The van der Waals surface area contributed by atoms with Gasteiger partial charge in [0.1, 0.15) is 0 Å². The molecule has 138 valence electrons. The number of alkyl halides is 2. The second-order valence-electron chi connectivity index (χ2n) is 7.37. The molecule has 26 heavy (non-hydrogen) atoms. The Morgan fingerprint density at radius 1 is 0.923 bits per heavy atom. The molecule has 0 aromatic heterocycles. The SMILES string of the molecule is CCC[C@H]1CC[C@H](c2ccc(-c3ccc(C(=O)C(F)F)cc3)cc2)CC1. The van der Waals surface area contributed by atoms with Crippen LogP contribution in [0.15, 0.2) is 48.5 Å². The number of carbonyl (C=O) groups is 1. The number of ketones is 1. The van der Waals surface area contributed by atoms with Gasteiger partial charge in [-0.1, -0.05) is 68.3 Å². The molecule has 0 aliphatic heterocycles. The molecule has 1 aliphatic carbocycles. The maximum atomic E-state index is 12.5. The third kappa shape index (κ3) is 4.38. The molecule has 0 saturated heterocycles. The molecule has 0 atom stereocenters. The molecule has 1 fully saturated rings. The van der Waals surface area contributed by atoms with Crippen molar-refractivity contribution in [2.24, 2.45) is 5.92 Å². The molecule has 1 nitrogen and oxygen atoms in total. The first-order valence-electron chi connectivity index (χ1n) is 9.61. The normalized spacial score (nSPS) is 20.3. The number of Topliss-reactive ketones (excluding diaryl/α,β-unsaturated/α-hetero) is 1. The van der Waals surface area contributed by atoms with Gasteiger partial charge < -0.3 is 0 Å². The molecule has 0 spiro atoms. The predicted molar refractivity (Wildman–Crippen MR) is 102 cm³/mol. The number of carbonyl (C=O) groups excluding carboxylic acids is 1. The standard InChI is InChI=1S/C23H26F2O/c1-2-3-16-4-6-17(7-5-16)18-8-10-19(11-9-18)20-12-14-21(15-13-20)22(26)23(24)25/h8-17,23H,2-7H2,1H3/t16-,17-. The van der Waals surface area contributed by atoms with Crippen LogP contribution in [0.1, 0.15) is 67.3 Å². The van der Waals surface area contributed by atoms with Gasteiger partial charge in [-0.25, -0.2) is 8.78 Å². The molecule has 2 aromatic rings. The Kier molecular flexibility index (Phi) is 6.18. The van der Waals surface area contributed by atoms with Gasteiger partial charge in [-0.15, -0.1) is 0 Å². The first-order chi connectivity index (χ1) is 12.6. The Morgan fingerprint density at radius 2 is 1.46 bits per heavy atom. The van der Waals surface area contributed by atoms with E-state index in [0.29, 0.717) is 5.92 Å². The summed E-state index contributed by atoms with van der Waals surface area (Å²) >= 11 is 0. The summed E-state index contributed by atoms with van der Waals surface area (Å²) in [6.45, 7) is 2.26. The monoisotopic (exact) mass is 356 g/mol. The van der Waals surface area contributed by atoms with E-state index in [-0.39, 0.29) is 5.56 Å². The van der Waals surface area contributed by atoms with E-state index in [2.05, 4.69) is 31.2 Å². The number of halogens is 2. The number of benzene rings is 2. The van der Waals surface area contributed by atoms with Crippen LogP contribution in [0.4, 0.5) is 8.78 Å². The van der Waals surface area contributed by atoms with Gasteiger partial charge in [0.25, 0.3) is 0 Å². The van der Waals surface area contributed by atoms with E-state index in [4.69, 9.17) is 0 Å². The molecule has 0 heterocycles. The summed E-state index contributed by atoms with van der Waals surface area (Å²) in [5, 5.41) is 0. The molecule has 0 bridgehead atoms. The fourth-order valence-electron chi connectivity index (χ4n) is 4.09. The van der Waals surface area contributed by atoms with Crippen LogP contribution in [-0.2, 0) is 0 Å². The highest BCUT2D eigenvalue weighted by atomic mass is 19.3. The highest BCUT2D eigenvalue weighted by molar-refractivity contribution is 5.98. The smallest absolute Gasteiger partial charge is 0.288 e. The fraction of sp³-hybridized carbons (Fsp3) is 0.435. The summed E-state index contributed by atoms with van der Waals surface area (Å²) in [7, 11) is 0. The summed E-state index contributed by atoms with van der Waals surface area (Å²) in [6.07, 6.45) is 4.90. The summed E-state index contributed by atoms with van der Waals surface area (Å²) in [6, 6.07) is 15.0. The highest BCUT2D eigenvalue weighted by Crippen LogP contribution is 2.38. The molecule has 0 N–H and O–H groups in total. The van der Waals surface area contributed by atoms with Gasteiger partial charge >= 0.3 is 6.43 Å². The van der Waals surface area contributed by atoms with Gasteiger partial charge in [-0.05, 0) is 54.2 Å². The predicted octanol–water partition coefficient (Wildman–Crippen LogP) is 6.88. The van der Waals surface area contributed by atoms with Crippen molar-refractivity contribution in [1.82, 2.24) is 0 Å². The Labute approximate surface area is 154 Å². The van der Waals surface area contributed by atoms with E-state index in [1.165, 1.54) is 56.2 Å². The molecule has 1 saturated carbocycles. The zero-order chi connectivity index (χ0) is 18.5. The van der Waals surface area contributed by atoms with Crippen LogP contribution in [0.3, 0.4) is 0 Å². The molecule has 0 amide bonds. The Bertz CT molecular complexity index is 711. The summed E-state index contributed by atoms with van der Waals surface area (Å²) < 4.78 is 25.0. The van der Waals surface area contributed by atoms with Crippen molar-refractivity contribution in [3.63, 3.8) is 0 Å². The summed E-state index contributed by atoms with van der Waals surface area (Å²) in [4.78, 5) is 11.3. The van der Waals surface area contributed by atoms with E-state index >= 15 is 0 Å². The fourth-order valence-corrected chi connectivity index (χ4v) is 4.09. The van der Waals surface area contributed by atoms with E-state index in [9.17, 15) is 13.6 Å². The third-order valence-corrected chi connectivity index (χ3v) is 5.63. The van der Waals surface area contributed by atoms with Gasteiger partial charge in [0.15, 0.2) is 0 Å². The minimum atomic E-state index is -2.95. The van der Waals surface area contributed by atoms with Crippen molar-refractivity contribution < 1.29 is 13.6 Å². The number of hydrogen-bond donors (Lipinski definition) is 0. The van der Waals surface area contributed by atoms with Crippen molar-refractivity contribution in [1.29, 1.82) is 0 Å². The largest absolute Gasteiger partial charge is 0.300 e. The van der Waals surface area contributed by atoms with Crippen molar-refractivity contribution in [3.05, 3.63) is 59.7 Å². The number of rotatable bonds is 6. The first-order valence-corrected chi connectivity index (χ1v) is 9.61. The molecular weight excluding hydrogens is 330 g/mol. The Hall–Kier alpha value is -2.03. The minimum Gasteiger partial charge on any atom is -0.288 e. The molecular formula is C23H26F2O. The zero-order valence-corrected chi connectivity index (χ0v) is 15.3. The average Bonchev–Trinajstić information content (AvgIpc) is 2.68. The van der Waals surface area contributed by atoms with Gasteiger partial charge in [0, 0.05) is 5.56 Å². The minimum absolute atomic E-state index is 0.0595. The van der Waals surface area contributed by atoms with Crippen molar-refractivity contribution in [2.75, 3.05) is 0 Å². The van der Waals surface area contributed by atoms with E-state index in [1.54, 1.807) is 12.1 Å². The maximum Gasteiger partial charge on any atom is 0.300 e. The lowest BCUT2D eigenvalue weighted by molar-refractivity contribution is 0.0679. The van der Waals surface area contributed by atoms with Crippen molar-refractivity contribution >= 4 is 5.78 Å². The van der Waals surface area contributed by atoms with Crippen LogP contribution in [0.5, 0.6) is 0 Å². The molecule has 3 heteroatoms. The van der Waals surface area contributed by atoms with Crippen LogP contribution in [0, 0.1) is 5.92 Å². The Morgan fingerprint density at radius 3 is 1.96 bits per heavy atom. The van der Waals surface area contributed by atoms with E-state index in [1.807, 2.05) is 0 Å². The van der Waals surface area contributed by atoms with Crippen LogP contribution in [0.25, 0.3) is 11.1 Å². The third-order valence-electron chi connectivity index (χ3n) is 5.63. The lowest BCUT2D eigenvalue weighted by atomic mass is 9.77. The van der Waals surface area contributed by atoms with Gasteiger partial charge in [0.2, 0.25) is 5.78 Å². The van der Waals surface area contributed by atoms with Crippen LogP contribution in [-0.4, -0.2) is 12.2 Å². The summed E-state index contributed by atoms with van der Waals surface area (Å²) in [5.74, 6) is 0.443. The lowest BCUT2D eigenvalue weighted by Gasteiger charge is -2.28. The quantitative estimate of drug-likeness (QED) is 0.516. The van der Waals surface area contributed by atoms with Gasteiger partial charge in [-0.3, -0.25) is 4.79 Å². The highest BCUT2D eigenvalue weighted by Gasteiger charge is 2.22. The van der Waals surface area contributed by atoms with Gasteiger partial charge in [-0.2, -0.15) is 0 Å². The molecule has 0 radical (unpaired) electrons. The lowest BCUT2D eigenvalue weighted by Crippen LogP contribution is -2.13. The van der Waals surface area contributed by atoms with Gasteiger partial charge in [0.05, 0.1) is 0 Å². The molecule has 0 unspecified atom stereocenters. The summed E-state index contributed by atoms with van der Waals surface area (Å²) in [5.41, 5.74) is 3.44. The zero-order valence-electron chi connectivity index (χ0n) is 15.3. The maximum absolute atomic E-state index is 12.5. The topological polar surface area (TPSA) is 17.1 Å². The molecule has 3 rings (SSSR count). The molecule has 1 aliphatic rings. The molecule has 2 aromatic carbocycles. The van der Waals surface area contributed by atoms with Crippen LogP contribution < -0.4 is 0 Å². The van der Waals surface area contributed by atoms with Crippen molar-refractivity contribution in [3.8, 4) is 11.1 Å². The second-order valence-corrected chi connectivity index (χ2v) is 7.37. The van der Waals surface area contributed by atoms with Crippen molar-refractivity contribution in [2.45, 2.75) is 57.8 Å². The first kappa shape index (κ1) is 18.8. The number of hydrogen-bond acceptors (Lipinski definition) is 1.